The van der Waals surface area contributed by atoms with Gasteiger partial charge in [0.25, 0.3) is 0 Å². The molecule has 2 heterocycles. The molecule has 0 atom stereocenters. The van der Waals surface area contributed by atoms with E-state index in [0.717, 1.165) is 12.2 Å². The zero-order valence-corrected chi connectivity index (χ0v) is 44.2. The molecule has 20 nitrogen and oxygen atoms in total. The molecule has 0 aliphatic heterocycles. The average Bonchev–Trinajstić information content (AvgIpc) is 3.19. The van der Waals surface area contributed by atoms with Crippen molar-refractivity contribution in [2.24, 2.45) is 20.4 Å². The van der Waals surface area contributed by atoms with Gasteiger partial charge in [-0.15, -0.1) is 11.5 Å². The minimum Gasteiger partial charge on any atom is -0.876 e. The van der Waals surface area contributed by atoms with Crippen LogP contribution >= 0.6 is 0 Å². The number of pyridine rings is 2. The van der Waals surface area contributed by atoms with E-state index in [1.807, 2.05) is 0 Å². The van der Waals surface area contributed by atoms with Gasteiger partial charge in [-0.25, -0.2) is 0 Å². The third-order valence-electron chi connectivity index (χ3n) is 5.73. The number of hydrogen-bond donors (Lipinski definition) is 2. The molecule has 22 heteroatoms. The largest absolute Gasteiger partial charge is 3.00 e. The van der Waals surface area contributed by atoms with Crippen molar-refractivity contribution in [3.63, 3.8) is 0 Å². The topological polar surface area (TPSA) is 373 Å². The fourth-order valence-electron chi connectivity index (χ4n) is 3.53. The Morgan fingerprint density at radius 1 is 0.576 bits per heavy atom. The smallest absolute Gasteiger partial charge is 0.876 e. The number of allylic oxidation sites excluding steroid dienone is 4. The van der Waals surface area contributed by atoms with Crippen LogP contribution in [0.5, 0.6) is 23.0 Å². The van der Waals surface area contributed by atoms with E-state index >= 15 is 0 Å². The van der Waals surface area contributed by atoms with E-state index in [2.05, 4.69) is 30.4 Å². The minimum atomic E-state index is -0.572. The van der Waals surface area contributed by atoms with Gasteiger partial charge in [-0.1, -0.05) is 61.7 Å². The van der Waals surface area contributed by atoms with Crippen molar-refractivity contribution in [1.29, 1.82) is 0 Å². The summed E-state index contributed by atoms with van der Waals surface area (Å²) in [6.45, 7) is 12.3. The Balaban J connectivity index is -0.000000182. The molecule has 0 saturated carbocycles. The Labute approximate surface area is 435 Å². The van der Waals surface area contributed by atoms with Crippen LogP contribution in [0.3, 0.4) is 0 Å². The number of aliphatic hydroxyl groups is 2. The van der Waals surface area contributed by atoms with Crippen LogP contribution in [0.4, 0.5) is 0 Å². The van der Waals surface area contributed by atoms with Crippen molar-refractivity contribution in [2.75, 3.05) is 14.2 Å². The summed E-state index contributed by atoms with van der Waals surface area (Å²) < 4.78 is 9.80. The van der Waals surface area contributed by atoms with Crippen LogP contribution in [-0.2, 0) is 86.0 Å². The predicted molar refractivity (Wildman–Crippen MR) is 235 cm³/mol. The molecule has 0 fully saturated rings. The maximum absolute atomic E-state index is 11.8. The van der Waals surface area contributed by atoms with Crippen LogP contribution in [0.1, 0.15) is 77.9 Å². The van der Waals surface area contributed by atoms with Crippen molar-refractivity contribution < 1.29 is 136 Å². The predicted octanol–water partition coefficient (Wildman–Crippen LogP) is -0.786. The zero-order chi connectivity index (χ0) is 47.6. The normalized spacial score (nSPS) is 10.6. The van der Waals surface area contributed by atoms with Gasteiger partial charge in [0.2, 0.25) is 0 Å². The molecule has 0 spiro atoms. The number of aromatic nitrogens is 2. The molecule has 0 aliphatic rings. The van der Waals surface area contributed by atoms with Gasteiger partial charge in [0.15, 0.2) is 11.6 Å². The van der Waals surface area contributed by atoms with Gasteiger partial charge in [-0.05, 0) is 101 Å². The number of carbonyl (C=O) groups is 2. The first-order valence-corrected chi connectivity index (χ1v) is 18.3. The third-order valence-corrected chi connectivity index (χ3v) is 5.73. The number of benzene rings is 2. The maximum Gasteiger partial charge on any atom is 3.00 e. The second kappa shape index (κ2) is 43.6. The van der Waals surface area contributed by atoms with Crippen LogP contribution in [0.2, 0.25) is 0 Å². The Morgan fingerprint density at radius 3 is 1.09 bits per heavy atom. The fourth-order valence-corrected chi connectivity index (χ4v) is 3.53. The van der Waals surface area contributed by atoms with Gasteiger partial charge in [0, 0.05) is 36.4 Å². The van der Waals surface area contributed by atoms with E-state index in [0.29, 0.717) is 11.1 Å². The van der Waals surface area contributed by atoms with Gasteiger partial charge in [0.05, 0.1) is 38.0 Å². The molecule has 0 radical (unpaired) electrons. The molecule has 4 aromatic rings. The number of carbonyl (C=O) groups excluding carboxylic acids is 2. The summed E-state index contributed by atoms with van der Waals surface area (Å²) in [5.41, 5.74) is 0.971. The Bertz CT molecular complexity index is 1940. The first-order valence-electron chi connectivity index (χ1n) is 18.3. The number of aliphatic hydroxyl groups excluding tert-OH is 2. The standard InChI is InChI=1S/2C14H13N3O3.2C5H8O2.2C3H8O.2H2O.2Y/c2*1-20-12-7-4-5-10(13(12)18)9-16-17-14(19)11-6-2-3-8-15-11;2*1-4(6)3-5(2)7;2*1-3(2)4;;;;/h2*2-9,18H,1H3,(H,17,19);2*3,6H,1-2H3;2*3-4H,1-2H3;2*1H2;;/q;;;;;;;;2*+3/p-4/b2*16-9+;2*4-3-;;;;;;. The monoisotopic (exact) mass is 1070 g/mol. The molecule has 0 bridgehead atoms. The molecule has 0 saturated heterocycles. The molecule has 2 aromatic carbocycles. The number of ether oxygens (including phenoxy) is 2. The first kappa shape index (κ1) is 72.3. The van der Waals surface area contributed by atoms with Crippen LogP contribution in [0.25, 0.3) is 0 Å². The summed E-state index contributed by atoms with van der Waals surface area (Å²) in [6, 6.07) is 19.4. The van der Waals surface area contributed by atoms with Crippen molar-refractivity contribution in [2.45, 2.75) is 67.6 Å². The van der Waals surface area contributed by atoms with Gasteiger partial charge < -0.3 is 61.3 Å². The number of nitrogens with zero attached hydrogens (tertiary/aromatic N) is 6. The molecule has 352 valence electrons. The number of methoxy groups -OCH3 is 2. The molecule has 0 aliphatic carbocycles. The number of ketones is 2. The van der Waals surface area contributed by atoms with Crippen molar-refractivity contribution in [3.8, 4) is 23.0 Å². The molecular weight excluding hydrogens is 1010 g/mol. The molecular formula is C44H58N6O14Y2+2. The fraction of sp³-hybridized carbons (Fsp3) is 0.273. The molecule has 0 unspecified atom stereocenters. The van der Waals surface area contributed by atoms with Crippen LogP contribution < -0.4 is 40.1 Å². The molecule has 0 amide bonds. The summed E-state index contributed by atoms with van der Waals surface area (Å²) in [5.74, 6) is -2.08. The first-order chi connectivity index (χ1) is 29.2. The van der Waals surface area contributed by atoms with Crippen LogP contribution in [-0.4, -0.2) is 82.4 Å². The quantitative estimate of drug-likeness (QED) is 0.0491. The summed E-state index contributed by atoms with van der Waals surface area (Å²) in [7, 11) is 2.82. The van der Waals surface area contributed by atoms with Gasteiger partial charge in [-0.2, -0.15) is 20.4 Å². The molecule has 2 aromatic heterocycles. The Morgan fingerprint density at radius 2 is 0.879 bits per heavy atom. The summed E-state index contributed by atoms with van der Waals surface area (Å²) in [5, 5.41) is 97.0. The van der Waals surface area contributed by atoms with Gasteiger partial charge >= 0.3 is 65.4 Å². The van der Waals surface area contributed by atoms with Crippen molar-refractivity contribution >= 4 is 35.8 Å². The summed E-state index contributed by atoms with van der Waals surface area (Å²) in [6.07, 6.45) is 7.19. The SMILES string of the molecule is CC(=O)/C=C(/C)[O-].CC(=O)/C=C(/C)[O-].CC(C)O.CC(C)O.COc1cccc(/C=N/N=C(\[O-])c2ccccn2)c1[O-].COc1cccc(/C=N/N=C(\[O-])c2ccccn2)c1[O-].[OH3+].[OH3+].[Y+3].[Y+3]. The molecule has 4 rings (SSSR count). The van der Waals surface area contributed by atoms with E-state index < -0.39 is 11.8 Å². The van der Waals surface area contributed by atoms with E-state index in [1.54, 1.807) is 88.4 Å². The van der Waals surface area contributed by atoms with Crippen molar-refractivity contribution in [3.05, 3.63) is 131 Å². The molecule has 8 N–H and O–H groups in total. The number of rotatable bonds is 10. The van der Waals surface area contributed by atoms with E-state index in [-0.39, 0.29) is 146 Å². The van der Waals surface area contributed by atoms with Crippen LogP contribution in [0.15, 0.2) is 129 Å². The van der Waals surface area contributed by atoms with Crippen molar-refractivity contribution in [1.82, 2.24) is 9.97 Å². The second-order valence-electron chi connectivity index (χ2n) is 12.4. The average molecular weight is 1070 g/mol. The Hall–Kier alpha value is -5.31. The minimum absolute atomic E-state index is 0. The number of para-hydroxylation sites is 2. The van der Waals surface area contributed by atoms with E-state index in [9.17, 15) is 40.2 Å². The van der Waals surface area contributed by atoms with E-state index in [4.69, 9.17) is 19.7 Å². The van der Waals surface area contributed by atoms with E-state index in [1.165, 1.54) is 78.9 Å². The summed E-state index contributed by atoms with van der Waals surface area (Å²) in [4.78, 5) is 27.7. The Kier molecular flexibility index (Phi) is 47.7. The van der Waals surface area contributed by atoms with Gasteiger partial charge in [0.1, 0.15) is 11.5 Å². The number of hydrogen-bond acceptors (Lipinski definition) is 18. The third kappa shape index (κ3) is 39.1. The summed E-state index contributed by atoms with van der Waals surface area (Å²) >= 11 is 0. The maximum atomic E-state index is 11.8. The second-order valence-corrected chi connectivity index (χ2v) is 12.4. The zero-order valence-electron chi connectivity index (χ0n) is 38.5. The van der Waals surface area contributed by atoms with Crippen LogP contribution in [0, 0.1) is 0 Å². The van der Waals surface area contributed by atoms with Gasteiger partial charge in [-0.3, -0.25) is 19.6 Å². The molecule has 66 heavy (non-hydrogen) atoms.